The smallest absolute Gasteiger partial charge is 0.242 e. The topological polar surface area (TPSA) is 70.2 Å². The Morgan fingerprint density at radius 1 is 1.38 bits per heavy atom. The van der Waals surface area contributed by atoms with Gasteiger partial charge in [0.2, 0.25) is 11.9 Å². The molecule has 86 valence electrons. The van der Waals surface area contributed by atoms with Gasteiger partial charge in [0.1, 0.15) is 0 Å². The van der Waals surface area contributed by atoms with Crippen LogP contribution in [-0.2, 0) is 4.79 Å². The van der Waals surface area contributed by atoms with E-state index >= 15 is 0 Å². The Hall–Kier alpha value is -1.69. The first-order valence-electron chi connectivity index (χ1n) is 5.35. The Morgan fingerprint density at radius 2 is 2.06 bits per heavy atom. The molecule has 1 saturated heterocycles. The minimum absolute atomic E-state index is 0.0916. The summed E-state index contributed by atoms with van der Waals surface area (Å²) in [6, 6.07) is 1.74. The molecule has 0 aliphatic carbocycles. The number of carbonyl (C=O) groups excluding carboxylic acids is 1. The fraction of sp³-hybridized carbons (Fsp3) is 0.500. The number of hydrogen-bond donors (Lipinski definition) is 2. The third-order valence-electron chi connectivity index (χ3n) is 2.43. The van der Waals surface area contributed by atoms with Crippen LogP contribution < -0.4 is 10.6 Å². The number of nitrogens with one attached hydrogen (secondary N) is 2. The minimum Gasteiger partial charge on any atom is -0.345 e. The number of anilines is 1. The number of hydrogen-bond acceptors (Lipinski definition) is 5. The average molecular weight is 221 g/mol. The highest BCUT2D eigenvalue weighted by atomic mass is 16.2. The molecule has 0 bridgehead atoms. The van der Waals surface area contributed by atoms with Gasteiger partial charge in [0.15, 0.2) is 0 Å². The molecule has 0 atom stereocenters. The van der Waals surface area contributed by atoms with Crippen LogP contribution in [0.15, 0.2) is 18.5 Å². The van der Waals surface area contributed by atoms with Crippen LogP contribution in [0.2, 0.25) is 0 Å². The summed E-state index contributed by atoms with van der Waals surface area (Å²) < 4.78 is 0. The summed E-state index contributed by atoms with van der Waals surface area (Å²) in [6.45, 7) is 3.54. The average Bonchev–Trinajstić information content (AvgIpc) is 2.38. The maximum Gasteiger partial charge on any atom is 0.242 e. The Balaban J connectivity index is 1.79. The maximum atomic E-state index is 11.8. The quantitative estimate of drug-likeness (QED) is 0.707. The molecule has 1 aromatic heterocycles. The molecular weight excluding hydrogens is 206 g/mol. The molecule has 1 amide bonds. The number of rotatable bonds is 3. The number of amides is 1. The Labute approximate surface area is 94.1 Å². The van der Waals surface area contributed by atoms with Crippen molar-refractivity contribution in [3.05, 3.63) is 18.5 Å². The number of carbonyl (C=O) groups is 1. The van der Waals surface area contributed by atoms with Crippen molar-refractivity contribution in [2.75, 3.05) is 38.0 Å². The van der Waals surface area contributed by atoms with Crippen molar-refractivity contribution in [1.82, 2.24) is 20.2 Å². The second kappa shape index (κ2) is 5.41. The van der Waals surface area contributed by atoms with Crippen LogP contribution in [-0.4, -0.2) is 53.5 Å². The zero-order chi connectivity index (χ0) is 11.2. The molecule has 6 nitrogen and oxygen atoms in total. The van der Waals surface area contributed by atoms with Crippen molar-refractivity contribution in [2.45, 2.75) is 0 Å². The Kier molecular flexibility index (Phi) is 3.66. The third-order valence-corrected chi connectivity index (χ3v) is 2.43. The van der Waals surface area contributed by atoms with Crippen molar-refractivity contribution < 1.29 is 4.79 Å². The van der Waals surface area contributed by atoms with E-state index in [1.54, 1.807) is 18.5 Å². The molecule has 1 aliphatic rings. The summed E-state index contributed by atoms with van der Waals surface area (Å²) >= 11 is 0. The predicted octanol–water partition coefficient (Wildman–Crippen LogP) is -0.680. The lowest BCUT2D eigenvalue weighted by Crippen LogP contribution is -2.48. The summed E-state index contributed by atoms with van der Waals surface area (Å²) in [5.41, 5.74) is 0. The summed E-state index contributed by atoms with van der Waals surface area (Å²) in [5, 5.41) is 6.11. The van der Waals surface area contributed by atoms with Crippen molar-refractivity contribution in [1.29, 1.82) is 0 Å². The third kappa shape index (κ3) is 2.90. The summed E-state index contributed by atoms with van der Waals surface area (Å²) in [5.74, 6) is 0.583. The fourth-order valence-corrected chi connectivity index (χ4v) is 1.57. The SMILES string of the molecule is O=C(CNc1ncccn1)N1CCNCC1. The molecule has 2 rings (SSSR count). The second-order valence-electron chi connectivity index (χ2n) is 3.56. The first-order chi connectivity index (χ1) is 7.86. The lowest BCUT2D eigenvalue weighted by molar-refractivity contribution is -0.129. The molecule has 1 aromatic rings. The van der Waals surface area contributed by atoms with E-state index in [4.69, 9.17) is 0 Å². The van der Waals surface area contributed by atoms with Crippen molar-refractivity contribution in [2.24, 2.45) is 0 Å². The fourth-order valence-electron chi connectivity index (χ4n) is 1.57. The zero-order valence-corrected chi connectivity index (χ0v) is 9.02. The van der Waals surface area contributed by atoms with E-state index < -0.39 is 0 Å². The molecule has 1 aliphatic heterocycles. The monoisotopic (exact) mass is 221 g/mol. The highest BCUT2D eigenvalue weighted by Gasteiger charge is 2.15. The number of nitrogens with zero attached hydrogens (tertiary/aromatic N) is 3. The van der Waals surface area contributed by atoms with Crippen LogP contribution in [0.3, 0.4) is 0 Å². The van der Waals surface area contributed by atoms with Crippen LogP contribution >= 0.6 is 0 Å². The summed E-state index contributed by atoms with van der Waals surface area (Å²) in [4.78, 5) is 21.6. The van der Waals surface area contributed by atoms with E-state index in [1.807, 2.05) is 4.90 Å². The highest BCUT2D eigenvalue weighted by molar-refractivity contribution is 5.80. The molecule has 0 radical (unpaired) electrons. The van der Waals surface area contributed by atoms with E-state index in [2.05, 4.69) is 20.6 Å². The maximum absolute atomic E-state index is 11.8. The van der Waals surface area contributed by atoms with Gasteiger partial charge in [-0.3, -0.25) is 4.79 Å². The van der Waals surface area contributed by atoms with Gasteiger partial charge >= 0.3 is 0 Å². The van der Waals surface area contributed by atoms with Crippen LogP contribution in [0.25, 0.3) is 0 Å². The van der Waals surface area contributed by atoms with Gasteiger partial charge in [-0.2, -0.15) is 0 Å². The van der Waals surface area contributed by atoms with Gasteiger partial charge in [-0.15, -0.1) is 0 Å². The molecule has 2 N–H and O–H groups in total. The van der Waals surface area contributed by atoms with E-state index in [1.165, 1.54) is 0 Å². The first kappa shape index (κ1) is 10.8. The van der Waals surface area contributed by atoms with Gasteiger partial charge in [0.05, 0.1) is 6.54 Å². The van der Waals surface area contributed by atoms with Gasteiger partial charge in [-0.05, 0) is 6.07 Å². The van der Waals surface area contributed by atoms with E-state index in [0.29, 0.717) is 5.95 Å². The normalized spacial score (nSPS) is 15.9. The lowest BCUT2D eigenvalue weighted by Gasteiger charge is -2.27. The van der Waals surface area contributed by atoms with Crippen LogP contribution in [0.1, 0.15) is 0 Å². The van der Waals surface area contributed by atoms with Gasteiger partial charge in [-0.1, -0.05) is 0 Å². The molecule has 6 heteroatoms. The van der Waals surface area contributed by atoms with Gasteiger partial charge in [-0.25, -0.2) is 9.97 Å². The van der Waals surface area contributed by atoms with Gasteiger partial charge in [0.25, 0.3) is 0 Å². The van der Waals surface area contributed by atoms with Crippen molar-refractivity contribution in [3.63, 3.8) is 0 Å². The van der Waals surface area contributed by atoms with Gasteiger partial charge < -0.3 is 15.5 Å². The molecule has 16 heavy (non-hydrogen) atoms. The molecule has 0 spiro atoms. The van der Waals surface area contributed by atoms with Crippen LogP contribution in [0.5, 0.6) is 0 Å². The van der Waals surface area contributed by atoms with E-state index in [0.717, 1.165) is 26.2 Å². The first-order valence-corrected chi connectivity index (χ1v) is 5.35. The predicted molar refractivity (Wildman–Crippen MR) is 60.0 cm³/mol. The number of piperazine rings is 1. The molecular formula is C10H15N5O. The lowest BCUT2D eigenvalue weighted by atomic mass is 10.3. The molecule has 0 unspecified atom stereocenters. The van der Waals surface area contributed by atoms with Gasteiger partial charge in [0, 0.05) is 38.6 Å². The second-order valence-corrected chi connectivity index (χ2v) is 3.56. The Morgan fingerprint density at radius 3 is 2.75 bits per heavy atom. The van der Waals surface area contributed by atoms with Crippen molar-refractivity contribution >= 4 is 11.9 Å². The van der Waals surface area contributed by atoms with E-state index in [9.17, 15) is 4.79 Å². The molecule has 0 aromatic carbocycles. The highest BCUT2D eigenvalue weighted by Crippen LogP contribution is 1.96. The van der Waals surface area contributed by atoms with E-state index in [-0.39, 0.29) is 12.5 Å². The summed E-state index contributed by atoms with van der Waals surface area (Å²) in [6.07, 6.45) is 3.29. The standard InChI is InChI=1S/C10H15N5O/c16-9(15-6-4-11-5-7-15)8-14-10-12-2-1-3-13-10/h1-3,11H,4-8H2,(H,12,13,14). The Bertz CT molecular complexity index is 336. The number of aromatic nitrogens is 2. The van der Waals surface area contributed by atoms with Crippen molar-refractivity contribution in [3.8, 4) is 0 Å². The zero-order valence-electron chi connectivity index (χ0n) is 9.02. The van der Waals surface area contributed by atoms with Crippen LogP contribution in [0, 0.1) is 0 Å². The molecule has 1 fully saturated rings. The minimum atomic E-state index is 0.0916. The largest absolute Gasteiger partial charge is 0.345 e. The molecule has 0 saturated carbocycles. The molecule has 2 heterocycles. The van der Waals surface area contributed by atoms with Crippen LogP contribution in [0.4, 0.5) is 5.95 Å². The summed E-state index contributed by atoms with van der Waals surface area (Å²) in [7, 11) is 0.